The average Bonchev–Trinajstić information content (AvgIpc) is 3.08. The number of thioether (sulfide) groups is 1. The first kappa shape index (κ1) is 13.7. The van der Waals surface area contributed by atoms with Crippen molar-refractivity contribution in [3.8, 4) is 0 Å². The van der Waals surface area contributed by atoms with E-state index in [2.05, 4.69) is 33.1 Å². The van der Waals surface area contributed by atoms with E-state index in [0.29, 0.717) is 6.04 Å². The van der Waals surface area contributed by atoms with Crippen molar-refractivity contribution in [2.24, 2.45) is 0 Å². The number of H-pyrrole nitrogens is 1. The molecular formula is C14H20N4OS. The molecule has 1 saturated heterocycles. The molecule has 0 radical (unpaired) electrons. The maximum Gasteiger partial charge on any atom is 0.150 e. The van der Waals surface area contributed by atoms with Gasteiger partial charge in [-0.15, -0.1) is 0 Å². The molecule has 0 bridgehead atoms. The molecule has 1 aliphatic rings. The number of aryl methyl sites for hydroxylation is 2. The van der Waals surface area contributed by atoms with Crippen molar-refractivity contribution in [3.05, 3.63) is 35.3 Å². The highest BCUT2D eigenvalue weighted by molar-refractivity contribution is 7.99. The molecule has 1 N–H and O–H groups in total. The lowest BCUT2D eigenvalue weighted by atomic mass is 10.2. The van der Waals surface area contributed by atoms with E-state index in [1.54, 1.807) is 0 Å². The van der Waals surface area contributed by atoms with Crippen LogP contribution < -0.4 is 0 Å². The standard InChI is InChI=1S/C14H20N4OS/c1-3-13-15-14(17-16-13)8-18-6-7-20-9-11(18)12-5-4-10(2)19-12/h4-5,11H,3,6-9H2,1-2H3,(H,15,16,17)/t11-/m0/s1. The molecular weight excluding hydrogens is 272 g/mol. The van der Waals surface area contributed by atoms with Crippen LogP contribution in [-0.2, 0) is 13.0 Å². The molecule has 0 aromatic carbocycles. The second-order valence-corrected chi connectivity index (χ2v) is 6.21. The summed E-state index contributed by atoms with van der Waals surface area (Å²) in [5.74, 6) is 6.10. The molecule has 108 valence electrons. The topological polar surface area (TPSA) is 58.0 Å². The molecule has 0 aliphatic carbocycles. The summed E-state index contributed by atoms with van der Waals surface area (Å²) in [6.07, 6.45) is 0.868. The molecule has 20 heavy (non-hydrogen) atoms. The molecule has 2 aromatic heterocycles. The quantitative estimate of drug-likeness (QED) is 0.938. The number of aromatic nitrogens is 3. The van der Waals surface area contributed by atoms with Crippen molar-refractivity contribution in [2.45, 2.75) is 32.9 Å². The largest absolute Gasteiger partial charge is 0.465 e. The number of aromatic amines is 1. The summed E-state index contributed by atoms with van der Waals surface area (Å²) in [6.45, 7) is 5.92. The summed E-state index contributed by atoms with van der Waals surface area (Å²) in [5, 5.41) is 7.25. The molecule has 1 fully saturated rings. The van der Waals surface area contributed by atoms with Crippen LogP contribution >= 0.6 is 11.8 Å². The molecule has 1 aliphatic heterocycles. The number of rotatable bonds is 4. The van der Waals surface area contributed by atoms with Crippen LogP contribution in [0.4, 0.5) is 0 Å². The Hall–Kier alpha value is -1.27. The van der Waals surface area contributed by atoms with E-state index in [1.807, 2.05) is 24.8 Å². The second kappa shape index (κ2) is 6.01. The minimum atomic E-state index is 0.331. The number of hydrogen-bond acceptors (Lipinski definition) is 5. The Bertz CT molecular complexity index is 565. The fourth-order valence-electron chi connectivity index (χ4n) is 2.48. The Balaban J connectivity index is 1.75. The van der Waals surface area contributed by atoms with Crippen molar-refractivity contribution in [2.75, 3.05) is 18.1 Å². The molecule has 3 heterocycles. The fourth-order valence-corrected chi connectivity index (χ4v) is 3.61. The number of hydrogen-bond donors (Lipinski definition) is 1. The number of nitrogens with one attached hydrogen (secondary N) is 1. The molecule has 1 atom stereocenters. The van der Waals surface area contributed by atoms with Gasteiger partial charge in [-0.25, -0.2) is 4.98 Å². The highest BCUT2D eigenvalue weighted by Crippen LogP contribution is 2.31. The lowest BCUT2D eigenvalue weighted by Gasteiger charge is -2.33. The Morgan fingerprint density at radius 3 is 3.10 bits per heavy atom. The third-order valence-electron chi connectivity index (χ3n) is 3.58. The number of nitrogens with zero attached hydrogens (tertiary/aromatic N) is 3. The van der Waals surface area contributed by atoms with Gasteiger partial charge in [0, 0.05) is 24.5 Å². The van der Waals surface area contributed by atoms with Crippen molar-refractivity contribution < 1.29 is 4.42 Å². The van der Waals surface area contributed by atoms with Crippen LogP contribution in [0.15, 0.2) is 16.5 Å². The first-order chi connectivity index (χ1) is 9.76. The van der Waals surface area contributed by atoms with E-state index in [4.69, 9.17) is 4.42 Å². The third-order valence-corrected chi connectivity index (χ3v) is 4.60. The van der Waals surface area contributed by atoms with Gasteiger partial charge in [-0.3, -0.25) is 10.00 Å². The van der Waals surface area contributed by atoms with Crippen LogP contribution in [0.3, 0.4) is 0 Å². The summed E-state index contributed by atoms with van der Waals surface area (Å²) in [5.41, 5.74) is 0. The van der Waals surface area contributed by atoms with Gasteiger partial charge in [0.1, 0.15) is 23.2 Å². The van der Waals surface area contributed by atoms with Crippen molar-refractivity contribution in [1.82, 2.24) is 20.1 Å². The second-order valence-electron chi connectivity index (χ2n) is 5.06. The van der Waals surface area contributed by atoms with Crippen LogP contribution in [0.5, 0.6) is 0 Å². The lowest BCUT2D eigenvalue weighted by Crippen LogP contribution is -2.35. The Morgan fingerprint density at radius 1 is 1.50 bits per heavy atom. The van der Waals surface area contributed by atoms with E-state index >= 15 is 0 Å². The maximum atomic E-state index is 5.82. The zero-order valence-electron chi connectivity index (χ0n) is 11.9. The molecule has 2 aromatic rings. The highest BCUT2D eigenvalue weighted by Gasteiger charge is 2.27. The molecule has 0 amide bonds. The van der Waals surface area contributed by atoms with E-state index < -0.39 is 0 Å². The smallest absolute Gasteiger partial charge is 0.150 e. The highest BCUT2D eigenvalue weighted by atomic mass is 32.2. The molecule has 0 spiro atoms. The predicted octanol–water partition coefficient (Wildman–Crippen LogP) is 2.56. The molecule has 0 unspecified atom stereocenters. The van der Waals surface area contributed by atoms with Gasteiger partial charge in [0.15, 0.2) is 0 Å². The first-order valence-corrected chi connectivity index (χ1v) is 8.20. The van der Waals surface area contributed by atoms with E-state index in [9.17, 15) is 0 Å². The monoisotopic (exact) mass is 292 g/mol. The van der Waals surface area contributed by atoms with E-state index in [-0.39, 0.29) is 0 Å². The molecule has 6 heteroatoms. The summed E-state index contributed by atoms with van der Waals surface area (Å²) in [6, 6.07) is 4.46. The molecule has 3 rings (SSSR count). The van der Waals surface area contributed by atoms with Gasteiger partial charge in [-0.1, -0.05) is 6.92 Å². The Kier molecular flexibility index (Phi) is 4.12. The van der Waals surface area contributed by atoms with Gasteiger partial charge in [0.05, 0.1) is 12.6 Å². The summed E-state index contributed by atoms with van der Waals surface area (Å²) >= 11 is 1.98. The third kappa shape index (κ3) is 2.91. The van der Waals surface area contributed by atoms with Crippen LogP contribution in [0.1, 0.15) is 36.1 Å². The van der Waals surface area contributed by atoms with Gasteiger partial charge < -0.3 is 4.42 Å². The minimum absolute atomic E-state index is 0.331. The maximum absolute atomic E-state index is 5.82. The molecule has 5 nitrogen and oxygen atoms in total. The zero-order valence-corrected chi connectivity index (χ0v) is 12.7. The Morgan fingerprint density at radius 2 is 2.40 bits per heavy atom. The lowest BCUT2D eigenvalue weighted by molar-refractivity contribution is 0.183. The van der Waals surface area contributed by atoms with E-state index in [1.165, 1.54) is 0 Å². The van der Waals surface area contributed by atoms with Crippen molar-refractivity contribution in [1.29, 1.82) is 0 Å². The van der Waals surface area contributed by atoms with Crippen molar-refractivity contribution >= 4 is 11.8 Å². The number of furan rings is 1. The summed E-state index contributed by atoms with van der Waals surface area (Å²) in [4.78, 5) is 6.94. The average molecular weight is 292 g/mol. The zero-order chi connectivity index (χ0) is 13.9. The van der Waals surface area contributed by atoms with E-state index in [0.717, 1.165) is 54.2 Å². The SMILES string of the molecule is CCc1n[nH]c(CN2CCSC[C@H]2c2ccc(C)o2)n1. The van der Waals surface area contributed by atoms with Gasteiger partial charge >= 0.3 is 0 Å². The van der Waals surface area contributed by atoms with Crippen LogP contribution in [0, 0.1) is 6.92 Å². The van der Waals surface area contributed by atoms with Gasteiger partial charge in [0.25, 0.3) is 0 Å². The van der Waals surface area contributed by atoms with Gasteiger partial charge in [-0.05, 0) is 19.1 Å². The minimum Gasteiger partial charge on any atom is -0.465 e. The summed E-state index contributed by atoms with van der Waals surface area (Å²) < 4.78 is 5.82. The molecule has 0 saturated carbocycles. The first-order valence-electron chi connectivity index (χ1n) is 7.04. The van der Waals surface area contributed by atoms with Crippen LogP contribution in [0.2, 0.25) is 0 Å². The van der Waals surface area contributed by atoms with Gasteiger partial charge in [0.2, 0.25) is 0 Å². The fraction of sp³-hybridized carbons (Fsp3) is 0.571. The summed E-state index contributed by atoms with van der Waals surface area (Å²) in [7, 11) is 0. The normalized spacial score (nSPS) is 20.4. The van der Waals surface area contributed by atoms with Crippen molar-refractivity contribution in [3.63, 3.8) is 0 Å². The van der Waals surface area contributed by atoms with Crippen LogP contribution in [-0.4, -0.2) is 38.1 Å². The van der Waals surface area contributed by atoms with Crippen LogP contribution in [0.25, 0.3) is 0 Å². The van der Waals surface area contributed by atoms with Gasteiger partial charge in [-0.2, -0.15) is 16.9 Å². The Labute approximate surface area is 123 Å². The predicted molar refractivity (Wildman–Crippen MR) is 79.7 cm³/mol.